The first kappa shape index (κ1) is 17.9. The average molecular weight is 304 g/mol. The minimum Gasteiger partial charge on any atom is -0.356 e. The lowest BCUT2D eigenvalue weighted by Crippen LogP contribution is -2.30. The number of aryl methyl sites for hydroxylation is 1. The van der Waals surface area contributed by atoms with E-state index in [1.165, 1.54) is 5.56 Å². The van der Waals surface area contributed by atoms with Crippen molar-refractivity contribution in [2.24, 2.45) is 0 Å². The summed E-state index contributed by atoms with van der Waals surface area (Å²) in [5, 5.41) is 5.53. The van der Waals surface area contributed by atoms with E-state index in [-0.39, 0.29) is 24.7 Å². The molecule has 0 aliphatic rings. The highest BCUT2D eigenvalue weighted by atomic mass is 16.2. The molecule has 0 bridgehead atoms. The van der Waals surface area contributed by atoms with Gasteiger partial charge < -0.3 is 15.4 Å². The number of rotatable bonds is 10. The van der Waals surface area contributed by atoms with Crippen LogP contribution in [0.5, 0.6) is 0 Å². The maximum absolute atomic E-state index is 11.8. The third-order valence-corrected chi connectivity index (χ3v) is 3.28. The van der Waals surface area contributed by atoms with E-state index in [2.05, 4.69) is 17.6 Å². The maximum Gasteiger partial charge on any atom is 0.224 e. The lowest BCUT2D eigenvalue weighted by Gasteiger charge is -2.07. The Hall–Kier alpha value is -2.17. The van der Waals surface area contributed by atoms with Gasteiger partial charge in [-0.2, -0.15) is 0 Å². The zero-order valence-electron chi connectivity index (χ0n) is 13.1. The normalized spacial score (nSPS) is 10.0. The first-order valence-electron chi connectivity index (χ1n) is 7.70. The van der Waals surface area contributed by atoms with Crippen molar-refractivity contribution in [3.63, 3.8) is 0 Å². The Morgan fingerprint density at radius 3 is 2.18 bits per heavy atom. The number of hydrogen-bond donors (Lipinski definition) is 2. The second-order valence-electron chi connectivity index (χ2n) is 5.11. The molecule has 5 heteroatoms. The third kappa shape index (κ3) is 7.57. The molecule has 0 aliphatic carbocycles. The third-order valence-electron chi connectivity index (χ3n) is 3.28. The van der Waals surface area contributed by atoms with E-state index in [0.29, 0.717) is 25.9 Å². The first-order chi connectivity index (χ1) is 10.7. The van der Waals surface area contributed by atoms with Gasteiger partial charge >= 0.3 is 0 Å². The molecular formula is C17H24N2O3. The van der Waals surface area contributed by atoms with Crippen LogP contribution >= 0.6 is 0 Å². The van der Waals surface area contributed by atoms with E-state index in [4.69, 9.17) is 0 Å². The fourth-order valence-corrected chi connectivity index (χ4v) is 1.96. The summed E-state index contributed by atoms with van der Waals surface area (Å²) in [4.78, 5) is 33.1. The van der Waals surface area contributed by atoms with E-state index < -0.39 is 0 Å². The Morgan fingerprint density at radius 1 is 1.00 bits per heavy atom. The zero-order chi connectivity index (χ0) is 16.2. The van der Waals surface area contributed by atoms with Crippen molar-refractivity contribution < 1.29 is 14.4 Å². The smallest absolute Gasteiger partial charge is 0.224 e. The summed E-state index contributed by atoms with van der Waals surface area (Å²) in [5.41, 5.74) is 2.26. The quantitative estimate of drug-likeness (QED) is 0.507. The van der Waals surface area contributed by atoms with Crippen molar-refractivity contribution in [3.8, 4) is 0 Å². The number of amides is 2. The maximum atomic E-state index is 11.8. The van der Waals surface area contributed by atoms with E-state index in [1.807, 2.05) is 24.3 Å². The van der Waals surface area contributed by atoms with Crippen molar-refractivity contribution in [1.29, 1.82) is 0 Å². The first-order valence-corrected chi connectivity index (χ1v) is 7.70. The standard InChI is InChI=1S/C17H24N2O3/c1-2-14-6-8-15(9-7-14)13-17(22)19-11-4-10-18-16(21)5-3-12-20/h6-9,12H,2-5,10-11,13H2,1H3,(H,18,21)(H,19,22). The highest BCUT2D eigenvalue weighted by Crippen LogP contribution is 2.05. The van der Waals surface area contributed by atoms with Gasteiger partial charge in [-0.3, -0.25) is 9.59 Å². The molecule has 22 heavy (non-hydrogen) atoms. The summed E-state index contributed by atoms with van der Waals surface area (Å²) in [6.07, 6.45) is 3.24. The number of carbonyl (C=O) groups is 3. The van der Waals surface area contributed by atoms with E-state index >= 15 is 0 Å². The van der Waals surface area contributed by atoms with Crippen LogP contribution in [0.1, 0.15) is 37.3 Å². The lowest BCUT2D eigenvalue weighted by molar-refractivity contribution is -0.122. The van der Waals surface area contributed by atoms with Crippen LogP contribution in [0.25, 0.3) is 0 Å². The number of aldehydes is 1. The van der Waals surface area contributed by atoms with Gasteiger partial charge in [0.25, 0.3) is 0 Å². The number of carbonyl (C=O) groups excluding carboxylic acids is 3. The molecule has 0 aliphatic heterocycles. The fourth-order valence-electron chi connectivity index (χ4n) is 1.96. The summed E-state index contributed by atoms with van der Waals surface area (Å²) >= 11 is 0. The van der Waals surface area contributed by atoms with E-state index in [0.717, 1.165) is 18.3 Å². The summed E-state index contributed by atoms with van der Waals surface area (Å²) < 4.78 is 0. The molecule has 0 fully saturated rings. The molecule has 2 amide bonds. The molecule has 0 radical (unpaired) electrons. The van der Waals surface area contributed by atoms with Crippen LogP contribution in [-0.4, -0.2) is 31.2 Å². The van der Waals surface area contributed by atoms with Crippen LogP contribution < -0.4 is 10.6 Å². The van der Waals surface area contributed by atoms with Gasteiger partial charge in [-0.1, -0.05) is 31.2 Å². The minimum absolute atomic E-state index is 0.0171. The molecule has 120 valence electrons. The van der Waals surface area contributed by atoms with Crippen molar-refractivity contribution in [1.82, 2.24) is 10.6 Å². The van der Waals surface area contributed by atoms with Gasteiger partial charge in [-0.05, 0) is 24.0 Å². The van der Waals surface area contributed by atoms with Gasteiger partial charge in [0.15, 0.2) is 0 Å². The molecule has 1 aromatic carbocycles. The number of benzene rings is 1. The second kappa shape index (κ2) is 10.5. The zero-order valence-corrected chi connectivity index (χ0v) is 13.1. The summed E-state index contributed by atoms with van der Waals surface area (Å²) in [5.74, 6) is -0.147. The van der Waals surface area contributed by atoms with Crippen LogP contribution in [0.3, 0.4) is 0 Å². The van der Waals surface area contributed by atoms with Crippen molar-refractivity contribution >= 4 is 18.1 Å². The van der Waals surface area contributed by atoms with Crippen LogP contribution in [0.2, 0.25) is 0 Å². The minimum atomic E-state index is -0.130. The van der Waals surface area contributed by atoms with Crippen molar-refractivity contribution in [2.75, 3.05) is 13.1 Å². The molecule has 1 aromatic rings. The molecule has 0 aromatic heterocycles. The number of hydrogen-bond acceptors (Lipinski definition) is 3. The summed E-state index contributed by atoms with van der Waals surface area (Å²) in [7, 11) is 0. The van der Waals surface area contributed by atoms with Gasteiger partial charge in [0.1, 0.15) is 6.29 Å². The molecular weight excluding hydrogens is 280 g/mol. The molecule has 5 nitrogen and oxygen atoms in total. The van der Waals surface area contributed by atoms with E-state index in [9.17, 15) is 14.4 Å². The average Bonchev–Trinajstić information content (AvgIpc) is 2.53. The number of nitrogens with one attached hydrogen (secondary N) is 2. The lowest BCUT2D eigenvalue weighted by atomic mass is 10.1. The van der Waals surface area contributed by atoms with Gasteiger partial charge in [0.2, 0.25) is 11.8 Å². The molecule has 2 N–H and O–H groups in total. The Balaban J connectivity index is 2.12. The van der Waals surface area contributed by atoms with Crippen LogP contribution in [0.15, 0.2) is 24.3 Å². The molecule has 0 spiro atoms. The molecule has 0 heterocycles. The predicted octanol–water partition coefficient (Wildman–Crippen LogP) is 1.39. The Labute approximate surface area is 131 Å². The SMILES string of the molecule is CCc1ccc(CC(=O)NCCCNC(=O)CCC=O)cc1. The highest BCUT2D eigenvalue weighted by Gasteiger charge is 2.03. The molecule has 0 saturated carbocycles. The van der Waals surface area contributed by atoms with Gasteiger partial charge in [-0.25, -0.2) is 0 Å². The van der Waals surface area contributed by atoms with Gasteiger partial charge in [0.05, 0.1) is 6.42 Å². The largest absolute Gasteiger partial charge is 0.356 e. The van der Waals surface area contributed by atoms with Gasteiger partial charge in [0, 0.05) is 25.9 Å². The molecule has 0 atom stereocenters. The van der Waals surface area contributed by atoms with E-state index in [1.54, 1.807) is 0 Å². The molecule has 1 rings (SSSR count). The van der Waals surface area contributed by atoms with Gasteiger partial charge in [-0.15, -0.1) is 0 Å². The highest BCUT2D eigenvalue weighted by molar-refractivity contribution is 5.79. The topological polar surface area (TPSA) is 75.3 Å². The Morgan fingerprint density at radius 2 is 1.59 bits per heavy atom. The summed E-state index contributed by atoms with van der Waals surface area (Å²) in [6.45, 7) is 3.13. The van der Waals surface area contributed by atoms with Crippen LogP contribution in [0.4, 0.5) is 0 Å². The monoisotopic (exact) mass is 304 g/mol. The summed E-state index contributed by atoms with van der Waals surface area (Å²) in [6, 6.07) is 8.03. The van der Waals surface area contributed by atoms with Crippen molar-refractivity contribution in [2.45, 2.75) is 39.0 Å². The Bertz CT molecular complexity index is 483. The molecule has 0 unspecified atom stereocenters. The van der Waals surface area contributed by atoms with Crippen LogP contribution in [0, 0.1) is 0 Å². The van der Waals surface area contributed by atoms with Crippen LogP contribution in [-0.2, 0) is 27.2 Å². The fraction of sp³-hybridized carbons (Fsp3) is 0.471. The second-order valence-corrected chi connectivity index (χ2v) is 5.11. The van der Waals surface area contributed by atoms with Crippen molar-refractivity contribution in [3.05, 3.63) is 35.4 Å². The molecule has 0 saturated heterocycles. The Kier molecular flexibility index (Phi) is 8.57. The predicted molar refractivity (Wildman–Crippen MR) is 85.5 cm³/mol.